The number of hydrogen-bond acceptors (Lipinski definition) is 5. The quantitative estimate of drug-likeness (QED) is 0.441. The van der Waals surface area contributed by atoms with E-state index in [9.17, 15) is 22.9 Å². The van der Waals surface area contributed by atoms with Gasteiger partial charge in [0.25, 0.3) is 0 Å². The van der Waals surface area contributed by atoms with Crippen LogP contribution in [0.5, 0.6) is 0 Å². The van der Waals surface area contributed by atoms with Crippen molar-refractivity contribution in [3.05, 3.63) is 0 Å². The summed E-state index contributed by atoms with van der Waals surface area (Å²) >= 11 is 0. The zero-order valence-corrected chi connectivity index (χ0v) is 10.5. The van der Waals surface area contributed by atoms with Crippen molar-refractivity contribution in [3.63, 3.8) is 0 Å². The molecule has 0 aromatic carbocycles. The zero-order chi connectivity index (χ0) is 13.9. The Kier molecular flexibility index (Phi) is 5.58. The molecule has 0 aliphatic carbocycles. The van der Waals surface area contributed by atoms with E-state index >= 15 is 0 Å². The topological polar surface area (TPSA) is 79.2 Å². The molecule has 1 atom stereocenters. The first-order chi connectivity index (χ1) is 7.53. The lowest BCUT2D eigenvalue weighted by Crippen LogP contribution is -2.54. The molecule has 0 bridgehead atoms. The summed E-state index contributed by atoms with van der Waals surface area (Å²) in [6.45, 7) is 2.41. The molecule has 2 N–H and O–H groups in total. The summed E-state index contributed by atoms with van der Waals surface area (Å²) in [5, 5.41) is 18.4. The Morgan fingerprint density at radius 3 is 1.82 bits per heavy atom. The smallest absolute Gasteiger partial charge is 0.366 e. The van der Waals surface area contributed by atoms with Crippen molar-refractivity contribution in [3.8, 4) is 0 Å². The van der Waals surface area contributed by atoms with Crippen LogP contribution in [0.15, 0.2) is 0 Å². The highest BCUT2D eigenvalue weighted by Gasteiger charge is 2.60. The molecule has 0 heterocycles. The van der Waals surface area contributed by atoms with Crippen LogP contribution in [-0.4, -0.2) is 40.3 Å². The lowest BCUT2D eigenvalue weighted by Gasteiger charge is -2.36. The Labute approximate surface area is 96.5 Å². The SMILES string of the molecule is CCOP(=O)(OCC)N(O)[C@](C)(O)C(F)(F)F. The Hall–Kier alpha value is -0.180. The number of nitrogens with zero attached hydrogens (tertiary/aromatic N) is 1. The number of aliphatic hydroxyl groups is 1. The van der Waals surface area contributed by atoms with Crippen LogP contribution in [0.2, 0.25) is 0 Å². The van der Waals surface area contributed by atoms with Gasteiger partial charge in [-0.25, -0.2) is 4.57 Å². The summed E-state index contributed by atoms with van der Waals surface area (Å²) in [5.74, 6) is 0. The minimum absolute atomic E-state index is 0.234. The molecule has 0 amide bonds. The van der Waals surface area contributed by atoms with Gasteiger partial charge in [-0.3, -0.25) is 9.05 Å². The molecule has 0 spiro atoms. The second kappa shape index (κ2) is 5.64. The maximum absolute atomic E-state index is 12.4. The third-order valence-corrected chi connectivity index (χ3v) is 3.77. The second-order valence-corrected chi connectivity index (χ2v) is 4.94. The third kappa shape index (κ3) is 3.64. The van der Waals surface area contributed by atoms with Gasteiger partial charge in [-0.15, -0.1) is 0 Å². The molecular formula is C7H15F3NO5P. The van der Waals surface area contributed by atoms with Crippen LogP contribution in [0.4, 0.5) is 13.2 Å². The molecule has 0 aliphatic heterocycles. The highest BCUT2D eigenvalue weighted by molar-refractivity contribution is 7.51. The van der Waals surface area contributed by atoms with Crippen LogP contribution in [0.3, 0.4) is 0 Å². The monoisotopic (exact) mass is 281 g/mol. The Bertz CT molecular complexity index is 286. The van der Waals surface area contributed by atoms with Gasteiger partial charge in [-0.2, -0.15) is 13.2 Å². The van der Waals surface area contributed by atoms with E-state index in [-0.39, 0.29) is 20.1 Å². The van der Waals surface area contributed by atoms with E-state index in [4.69, 9.17) is 5.11 Å². The fourth-order valence-electron chi connectivity index (χ4n) is 0.825. The van der Waals surface area contributed by atoms with E-state index in [1.807, 2.05) is 0 Å². The number of hydrogen-bond donors (Lipinski definition) is 2. The predicted octanol–water partition coefficient (Wildman–Crippen LogP) is 2.13. The van der Waals surface area contributed by atoms with Gasteiger partial charge in [0.2, 0.25) is 5.72 Å². The van der Waals surface area contributed by atoms with Crippen LogP contribution >= 0.6 is 7.75 Å². The molecule has 0 radical (unpaired) electrons. The van der Waals surface area contributed by atoms with E-state index in [0.29, 0.717) is 0 Å². The Morgan fingerprint density at radius 2 is 1.59 bits per heavy atom. The zero-order valence-electron chi connectivity index (χ0n) is 9.56. The highest BCUT2D eigenvalue weighted by atomic mass is 31.2. The average Bonchev–Trinajstić information content (AvgIpc) is 2.15. The van der Waals surface area contributed by atoms with Crippen molar-refractivity contribution in [1.82, 2.24) is 4.83 Å². The molecule has 0 saturated carbocycles. The van der Waals surface area contributed by atoms with E-state index in [2.05, 4.69) is 9.05 Å². The largest absolute Gasteiger partial charge is 0.434 e. The molecule has 6 nitrogen and oxygen atoms in total. The molecule has 0 aromatic rings. The van der Waals surface area contributed by atoms with Crippen LogP contribution in [0.1, 0.15) is 20.8 Å². The second-order valence-electron chi connectivity index (χ2n) is 3.11. The lowest BCUT2D eigenvalue weighted by molar-refractivity contribution is -0.345. The summed E-state index contributed by atoms with van der Waals surface area (Å²) in [7, 11) is -4.61. The van der Waals surface area contributed by atoms with E-state index < -0.39 is 24.5 Å². The molecular weight excluding hydrogens is 266 g/mol. The van der Waals surface area contributed by atoms with Crippen molar-refractivity contribution >= 4 is 7.75 Å². The summed E-state index contributed by atoms with van der Waals surface area (Å²) < 4.78 is 57.9. The van der Waals surface area contributed by atoms with Crippen LogP contribution in [0, 0.1) is 0 Å². The number of rotatable bonds is 6. The predicted molar refractivity (Wildman–Crippen MR) is 51.2 cm³/mol. The normalized spacial score (nSPS) is 17.2. The molecule has 0 aromatic heterocycles. The van der Waals surface area contributed by atoms with Gasteiger partial charge in [0.15, 0.2) is 0 Å². The third-order valence-electron chi connectivity index (χ3n) is 1.74. The minimum atomic E-state index is -5.23. The lowest BCUT2D eigenvalue weighted by atomic mass is 10.3. The van der Waals surface area contributed by atoms with E-state index in [1.165, 1.54) is 13.8 Å². The van der Waals surface area contributed by atoms with E-state index in [1.54, 1.807) is 0 Å². The van der Waals surface area contributed by atoms with Crippen molar-refractivity contribution < 1.29 is 37.1 Å². The molecule has 0 rings (SSSR count). The van der Waals surface area contributed by atoms with Crippen LogP contribution in [-0.2, 0) is 13.6 Å². The number of alkyl halides is 3. The molecule has 17 heavy (non-hydrogen) atoms. The van der Waals surface area contributed by atoms with Crippen molar-refractivity contribution in [2.75, 3.05) is 13.2 Å². The van der Waals surface area contributed by atoms with Crippen molar-refractivity contribution in [1.29, 1.82) is 0 Å². The molecule has 0 saturated heterocycles. The molecule has 10 heteroatoms. The summed E-state index contributed by atoms with van der Waals surface area (Å²) in [6.07, 6.45) is -5.23. The maximum Gasteiger partial charge on any atom is 0.434 e. The molecule has 0 aliphatic rings. The van der Waals surface area contributed by atoms with Gasteiger partial charge in [0, 0.05) is 0 Å². The number of hydroxylamine groups is 1. The standard InChI is InChI=1S/C7H15F3NO5P/c1-4-15-17(14,16-5-2)11(13)6(3,12)7(8,9)10/h12-13H,4-5H2,1-3H3/t6-/m1/s1. The van der Waals surface area contributed by atoms with Gasteiger partial charge in [0.1, 0.15) is 0 Å². The maximum atomic E-state index is 12.4. The van der Waals surface area contributed by atoms with Crippen LogP contribution in [0.25, 0.3) is 0 Å². The summed E-state index contributed by atoms with van der Waals surface area (Å²) in [4.78, 5) is -0.826. The molecule has 0 unspecified atom stereocenters. The minimum Gasteiger partial charge on any atom is -0.366 e. The highest BCUT2D eigenvalue weighted by Crippen LogP contribution is 2.56. The number of halogens is 3. The fraction of sp³-hybridized carbons (Fsp3) is 1.00. The Balaban J connectivity index is 5.22. The Morgan fingerprint density at radius 1 is 1.24 bits per heavy atom. The van der Waals surface area contributed by atoms with Crippen LogP contribution < -0.4 is 0 Å². The molecule has 104 valence electrons. The first-order valence-corrected chi connectivity index (χ1v) is 6.20. The summed E-state index contributed by atoms with van der Waals surface area (Å²) in [5.41, 5.74) is -3.74. The molecule has 0 fully saturated rings. The first kappa shape index (κ1) is 16.8. The van der Waals surface area contributed by atoms with Gasteiger partial charge in [-0.1, -0.05) is 0 Å². The summed E-state index contributed by atoms with van der Waals surface area (Å²) in [6, 6.07) is 0. The van der Waals surface area contributed by atoms with Crippen molar-refractivity contribution in [2.24, 2.45) is 0 Å². The van der Waals surface area contributed by atoms with Crippen molar-refractivity contribution in [2.45, 2.75) is 32.7 Å². The van der Waals surface area contributed by atoms with Gasteiger partial charge >= 0.3 is 13.9 Å². The first-order valence-electron chi connectivity index (χ1n) is 4.70. The van der Waals surface area contributed by atoms with Gasteiger partial charge in [0.05, 0.1) is 13.2 Å². The van der Waals surface area contributed by atoms with E-state index in [0.717, 1.165) is 0 Å². The fourth-order valence-corrected chi connectivity index (χ4v) is 2.36. The van der Waals surface area contributed by atoms with Gasteiger partial charge < -0.3 is 10.3 Å². The average molecular weight is 281 g/mol. The van der Waals surface area contributed by atoms with Gasteiger partial charge in [-0.05, 0) is 25.6 Å².